The van der Waals surface area contributed by atoms with Gasteiger partial charge in [-0.1, -0.05) is 0 Å². The normalized spacial score (nSPS) is 12.6. The average Bonchev–Trinajstić information content (AvgIpc) is 2.79. The average molecular weight is 256 g/mol. The standard InChI is InChI=1S/C10H9FN2O3S/c1-5(6-2-3-17-4-6)13-9(15)7(11)8(14)12-10(13)16/h2-5,15H,1H3,(H,12,14,16). The van der Waals surface area contributed by atoms with Crippen LogP contribution >= 0.6 is 11.3 Å². The molecule has 0 aliphatic heterocycles. The number of halogens is 1. The van der Waals surface area contributed by atoms with Gasteiger partial charge in [-0.05, 0) is 29.3 Å². The molecule has 0 aliphatic rings. The molecule has 5 nitrogen and oxygen atoms in total. The Balaban J connectivity index is 2.65. The number of aromatic nitrogens is 2. The summed E-state index contributed by atoms with van der Waals surface area (Å²) < 4.78 is 14.0. The monoisotopic (exact) mass is 256 g/mol. The van der Waals surface area contributed by atoms with E-state index in [4.69, 9.17) is 0 Å². The smallest absolute Gasteiger partial charge is 0.331 e. The number of nitrogens with zero attached hydrogens (tertiary/aromatic N) is 1. The van der Waals surface area contributed by atoms with Crippen molar-refractivity contribution in [1.29, 1.82) is 0 Å². The van der Waals surface area contributed by atoms with Gasteiger partial charge in [0.1, 0.15) is 0 Å². The Hall–Kier alpha value is -1.89. The van der Waals surface area contributed by atoms with Crippen LogP contribution in [-0.2, 0) is 0 Å². The summed E-state index contributed by atoms with van der Waals surface area (Å²) in [5, 5.41) is 13.1. The van der Waals surface area contributed by atoms with Crippen LogP contribution in [0.5, 0.6) is 5.88 Å². The van der Waals surface area contributed by atoms with Crippen molar-refractivity contribution in [3.63, 3.8) is 0 Å². The van der Waals surface area contributed by atoms with Gasteiger partial charge in [-0.2, -0.15) is 15.7 Å². The predicted octanol–water partition coefficient (Wildman–Crippen LogP) is 1.05. The maximum absolute atomic E-state index is 13.2. The van der Waals surface area contributed by atoms with Crippen molar-refractivity contribution in [2.24, 2.45) is 0 Å². The Morgan fingerprint density at radius 1 is 1.53 bits per heavy atom. The van der Waals surface area contributed by atoms with Gasteiger partial charge in [-0.25, -0.2) is 4.79 Å². The Bertz CT molecular complexity index is 645. The Morgan fingerprint density at radius 2 is 2.24 bits per heavy atom. The number of H-pyrrole nitrogens is 1. The maximum atomic E-state index is 13.2. The molecule has 0 bridgehead atoms. The van der Waals surface area contributed by atoms with E-state index in [9.17, 15) is 19.1 Å². The third-order valence-electron chi connectivity index (χ3n) is 2.48. The summed E-state index contributed by atoms with van der Waals surface area (Å²) in [6.07, 6.45) is 0. The first kappa shape index (κ1) is 11.6. The van der Waals surface area contributed by atoms with Crippen molar-refractivity contribution in [3.05, 3.63) is 49.0 Å². The van der Waals surface area contributed by atoms with Crippen molar-refractivity contribution in [2.45, 2.75) is 13.0 Å². The van der Waals surface area contributed by atoms with Crippen LogP contribution in [0.1, 0.15) is 18.5 Å². The van der Waals surface area contributed by atoms with Gasteiger partial charge >= 0.3 is 5.69 Å². The minimum absolute atomic E-state index is 0.555. The summed E-state index contributed by atoms with van der Waals surface area (Å²) in [7, 11) is 0. The molecule has 0 spiro atoms. The SMILES string of the molecule is CC(c1ccsc1)n1c(O)c(F)c(=O)[nH]c1=O. The zero-order valence-electron chi connectivity index (χ0n) is 8.81. The van der Waals surface area contributed by atoms with E-state index in [0.717, 1.165) is 10.1 Å². The lowest BCUT2D eigenvalue weighted by atomic mass is 10.2. The predicted molar refractivity (Wildman–Crippen MR) is 61.1 cm³/mol. The van der Waals surface area contributed by atoms with Gasteiger partial charge in [0, 0.05) is 0 Å². The minimum Gasteiger partial charge on any atom is -0.492 e. The van der Waals surface area contributed by atoms with Crippen LogP contribution in [0.4, 0.5) is 4.39 Å². The summed E-state index contributed by atoms with van der Waals surface area (Å²) in [5.74, 6) is -2.30. The number of rotatable bonds is 2. The maximum Gasteiger partial charge on any atom is 0.331 e. The van der Waals surface area contributed by atoms with Gasteiger partial charge in [-0.15, -0.1) is 0 Å². The third-order valence-corrected chi connectivity index (χ3v) is 3.18. The van der Waals surface area contributed by atoms with Crippen molar-refractivity contribution in [1.82, 2.24) is 9.55 Å². The van der Waals surface area contributed by atoms with E-state index in [-0.39, 0.29) is 0 Å². The molecular formula is C10H9FN2O3S. The molecule has 2 aromatic heterocycles. The lowest BCUT2D eigenvalue weighted by molar-refractivity contribution is 0.351. The molecule has 2 N–H and O–H groups in total. The van der Waals surface area contributed by atoms with Gasteiger partial charge in [-0.3, -0.25) is 14.3 Å². The molecule has 2 rings (SSSR count). The van der Waals surface area contributed by atoms with E-state index in [2.05, 4.69) is 0 Å². The van der Waals surface area contributed by atoms with Crippen LogP contribution in [0, 0.1) is 5.82 Å². The van der Waals surface area contributed by atoms with Crippen LogP contribution in [0.25, 0.3) is 0 Å². The van der Waals surface area contributed by atoms with Gasteiger partial charge in [0.05, 0.1) is 6.04 Å². The molecule has 0 aromatic carbocycles. The van der Waals surface area contributed by atoms with E-state index in [1.54, 1.807) is 23.8 Å². The lowest BCUT2D eigenvalue weighted by Gasteiger charge is -2.14. The quantitative estimate of drug-likeness (QED) is 0.843. The lowest BCUT2D eigenvalue weighted by Crippen LogP contribution is -2.33. The molecule has 17 heavy (non-hydrogen) atoms. The van der Waals surface area contributed by atoms with Crippen LogP contribution < -0.4 is 11.2 Å². The number of aromatic hydroxyl groups is 1. The van der Waals surface area contributed by atoms with E-state index in [1.807, 2.05) is 4.98 Å². The zero-order chi connectivity index (χ0) is 12.6. The van der Waals surface area contributed by atoms with Crippen LogP contribution in [0.15, 0.2) is 26.4 Å². The largest absolute Gasteiger partial charge is 0.492 e. The van der Waals surface area contributed by atoms with Crippen molar-refractivity contribution < 1.29 is 9.50 Å². The highest BCUT2D eigenvalue weighted by Crippen LogP contribution is 2.22. The fourth-order valence-corrected chi connectivity index (χ4v) is 2.28. The molecule has 0 fully saturated rings. The van der Waals surface area contributed by atoms with Crippen LogP contribution in [0.3, 0.4) is 0 Å². The fraction of sp³-hybridized carbons (Fsp3) is 0.200. The summed E-state index contributed by atoms with van der Waals surface area (Å²) >= 11 is 1.42. The molecule has 0 radical (unpaired) electrons. The fourth-order valence-electron chi connectivity index (χ4n) is 1.54. The molecule has 0 amide bonds. The summed E-state index contributed by atoms with van der Waals surface area (Å²) in [6.45, 7) is 1.63. The highest BCUT2D eigenvalue weighted by Gasteiger charge is 2.19. The van der Waals surface area contributed by atoms with Gasteiger partial charge in [0.2, 0.25) is 11.7 Å². The molecule has 7 heteroatoms. The van der Waals surface area contributed by atoms with E-state index in [0.29, 0.717) is 0 Å². The second-order valence-electron chi connectivity index (χ2n) is 3.50. The highest BCUT2D eigenvalue weighted by atomic mass is 32.1. The van der Waals surface area contributed by atoms with Crippen LogP contribution in [-0.4, -0.2) is 14.7 Å². The first-order valence-corrected chi connectivity index (χ1v) is 5.72. The molecule has 0 saturated heterocycles. The molecule has 0 aliphatic carbocycles. The number of thiophene rings is 1. The summed E-state index contributed by atoms with van der Waals surface area (Å²) in [4.78, 5) is 24.3. The molecule has 1 unspecified atom stereocenters. The van der Waals surface area contributed by atoms with Crippen molar-refractivity contribution in [3.8, 4) is 5.88 Å². The zero-order valence-corrected chi connectivity index (χ0v) is 9.62. The van der Waals surface area contributed by atoms with Crippen LogP contribution in [0.2, 0.25) is 0 Å². The Morgan fingerprint density at radius 3 is 2.82 bits per heavy atom. The van der Waals surface area contributed by atoms with E-state index >= 15 is 0 Å². The molecule has 2 heterocycles. The first-order chi connectivity index (χ1) is 8.02. The second kappa shape index (κ2) is 4.17. The number of hydrogen-bond acceptors (Lipinski definition) is 4. The topological polar surface area (TPSA) is 75.1 Å². The molecule has 0 saturated carbocycles. The highest BCUT2D eigenvalue weighted by molar-refractivity contribution is 7.07. The number of nitrogens with one attached hydrogen (secondary N) is 1. The molecule has 2 aromatic rings. The third kappa shape index (κ3) is 1.89. The van der Waals surface area contributed by atoms with E-state index in [1.165, 1.54) is 11.3 Å². The molecule has 90 valence electrons. The summed E-state index contributed by atoms with van der Waals surface area (Å²) in [6, 6.07) is 1.20. The van der Waals surface area contributed by atoms with Crippen molar-refractivity contribution in [2.75, 3.05) is 0 Å². The second-order valence-corrected chi connectivity index (χ2v) is 4.28. The molecular weight excluding hydrogens is 247 g/mol. The summed E-state index contributed by atoms with van der Waals surface area (Å²) in [5.41, 5.74) is -1.31. The first-order valence-electron chi connectivity index (χ1n) is 4.77. The van der Waals surface area contributed by atoms with E-state index < -0.39 is 29.0 Å². The minimum atomic E-state index is -1.35. The van der Waals surface area contributed by atoms with Gasteiger partial charge in [0.25, 0.3) is 5.56 Å². The molecule has 1 atom stereocenters. The van der Waals surface area contributed by atoms with Gasteiger partial charge < -0.3 is 5.11 Å². The Labute approximate surface area is 98.8 Å². The number of aromatic amines is 1. The van der Waals surface area contributed by atoms with Gasteiger partial charge in [0.15, 0.2) is 0 Å². The van der Waals surface area contributed by atoms with Crippen molar-refractivity contribution >= 4 is 11.3 Å². The Kier molecular flexibility index (Phi) is 2.84. The number of hydrogen-bond donors (Lipinski definition) is 2.